The molecule has 0 N–H and O–H groups in total. The molecule has 0 aliphatic rings. The minimum absolute atomic E-state index is 0.0435. The number of aromatic nitrogens is 1. The van der Waals surface area contributed by atoms with E-state index in [1.165, 1.54) is 11.3 Å². The summed E-state index contributed by atoms with van der Waals surface area (Å²) >= 11 is 1.48. The van der Waals surface area contributed by atoms with Crippen molar-refractivity contribution in [1.82, 2.24) is 4.98 Å². The maximum atomic E-state index is 11.7. The van der Waals surface area contributed by atoms with Gasteiger partial charge in [-0.1, -0.05) is 6.07 Å². The number of allylic oxidation sites excluding steroid dienone is 1. The summed E-state index contributed by atoms with van der Waals surface area (Å²) in [6, 6.07) is 5.66. The van der Waals surface area contributed by atoms with Gasteiger partial charge >= 0.3 is 0 Å². The molecule has 2 heterocycles. The van der Waals surface area contributed by atoms with Gasteiger partial charge in [-0.05, 0) is 47.7 Å². The first kappa shape index (κ1) is 10.8. The van der Waals surface area contributed by atoms with Crippen LogP contribution in [0.25, 0.3) is 6.08 Å². The minimum Gasteiger partial charge on any atom is -0.288 e. The van der Waals surface area contributed by atoms with Crippen LogP contribution in [-0.2, 0) is 0 Å². The Bertz CT molecular complexity index is 514. The quantitative estimate of drug-likeness (QED) is 0.596. The predicted molar refractivity (Wildman–Crippen MR) is 66.7 cm³/mol. The number of thiophene rings is 1. The number of nitrogens with zero attached hydrogens (tertiary/aromatic N) is 1. The van der Waals surface area contributed by atoms with Gasteiger partial charge in [-0.25, -0.2) is 0 Å². The summed E-state index contributed by atoms with van der Waals surface area (Å²) in [6.07, 6.45) is 6.80. The SMILES string of the molecule is Cc1csc(C(=O)/C=C/c2cccnc2)c1. The minimum atomic E-state index is 0.0435. The Hall–Kier alpha value is -1.74. The van der Waals surface area contributed by atoms with E-state index in [4.69, 9.17) is 0 Å². The molecule has 0 spiro atoms. The van der Waals surface area contributed by atoms with E-state index in [0.717, 1.165) is 16.0 Å². The second-order valence-electron chi connectivity index (χ2n) is 3.47. The predicted octanol–water partition coefficient (Wildman–Crippen LogP) is 3.35. The van der Waals surface area contributed by atoms with E-state index in [1.54, 1.807) is 24.5 Å². The number of pyridine rings is 1. The lowest BCUT2D eigenvalue weighted by Gasteiger charge is -1.90. The van der Waals surface area contributed by atoms with Crippen molar-refractivity contribution < 1.29 is 4.79 Å². The van der Waals surface area contributed by atoms with Crippen LogP contribution in [-0.4, -0.2) is 10.8 Å². The highest BCUT2D eigenvalue weighted by molar-refractivity contribution is 7.12. The number of rotatable bonds is 3. The topological polar surface area (TPSA) is 30.0 Å². The van der Waals surface area contributed by atoms with E-state index in [0.29, 0.717) is 0 Å². The third kappa shape index (κ3) is 2.64. The van der Waals surface area contributed by atoms with Gasteiger partial charge in [-0.15, -0.1) is 11.3 Å². The van der Waals surface area contributed by atoms with Gasteiger partial charge in [0.2, 0.25) is 0 Å². The van der Waals surface area contributed by atoms with Gasteiger partial charge in [0.1, 0.15) is 0 Å². The van der Waals surface area contributed by atoms with Gasteiger partial charge in [0.05, 0.1) is 4.88 Å². The zero-order valence-corrected chi connectivity index (χ0v) is 9.70. The van der Waals surface area contributed by atoms with Crippen LogP contribution >= 0.6 is 11.3 Å². The van der Waals surface area contributed by atoms with Gasteiger partial charge in [0, 0.05) is 12.4 Å². The summed E-state index contributed by atoms with van der Waals surface area (Å²) in [6.45, 7) is 1.98. The molecule has 16 heavy (non-hydrogen) atoms. The van der Waals surface area contributed by atoms with Crippen molar-refractivity contribution in [1.29, 1.82) is 0 Å². The van der Waals surface area contributed by atoms with Crippen LogP contribution in [0.5, 0.6) is 0 Å². The summed E-state index contributed by atoms with van der Waals surface area (Å²) < 4.78 is 0. The van der Waals surface area contributed by atoms with Gasteiger partial charge in [0.25, 0.3) is 0 Å². The summed E-state index contributed by atoms with van der Waals surface area (Å²) in [5.41, 5.74) is 2.06. The zero-order chi connectivity index (χ0) is 11.4. The van der Waals surface area contributed by atoms with Crippen LogP contribution in [0.1, 0.15) is 20.8 Å². The molecule has 0 aromatic carbocycles. The second-order valence-corrected chi connectivity index (χ2v) is 4.38. The Morgan fingerprint density at radius 3 is 3.00 bits per heavy atom. The van der Waals surface area contributed by atoms with Crippen molar-refractivity contribution in [2.45, 2.75) is 6.92 Å². The average Bonchev–Trinajstić information content (AvgIpc) is 2.74. The first-order valence-corrected chi connectivity index (χ1v) is 5.81. The van der Waals surface area contributed by atoms with Crippen molar-refractivity contribution in [3.05, 3.63) is 58.1 Å². The third-order valence-corrected chi connectivity index (χ3v) is 3.15. The molecule has 0 aliphatic carbocycles. The molecule has 0 saturated heterocycles. The van der Waals surface area contributed by atoms with Crippen molar-refractivity contribution in [3.63, 3.8) is 0 Å². The molecule has 0 aliphatic heterocycles. The van der Waals surface area contributed by atoms with Gasteiger partial charge < -0.3 is 0 Å². The number of hydrogen-bond donors (Lipinski definition) is 0. The molecule has 0 amide bonds. The Morgan fingerprint density at radius 1 is 1.50 bits per heavy atom. The first-order chi connectivity index (χ1) is 7.75. The smallest absolute Gasteiger partial charge is 0.195 e. The van der Waals surface area contributed by atoms with Crippen LogP contribution < -0.4 is 0 Å². The number of hydrogen-bond acceptors (Lipinski definition) is 3. The van der Waals surface area contributed by atoms with Crippen LogP contribution in [0.2, 0.25) is 0 Å². The van der Waals surface area contributed by atoms with Crippen molar-refractivity contribution in [2.75, 3.05) is 0 Å². The fourth-order valence-corrected chi connectivity index (χ4v) is 2.11. The van der Waals surface area contributed by atoms with E-state index in [1.807, 2.05) is 30.5 Å². The van der Waals surface area contributed by atoms with E-state index in [2.05, 4.69) is 4.98 Å². The van der Waals surface area contributed by atoms with Gasteiger partial charge in [0.15, 0.2) is 5.78 Å². The highest BCUT2D eigenvalue weighted by Gasteiger charge is 2.03. The van der Waals surface area contributed by atoms with E-state index >= 15 is 0 Å². The van der Waals surface area contributed by atoms with Crippen LogP contribution in [0.3, 0.4) is 0 Å². The Morgan fingerprint density at radius 2 is 2.38 bits per heavy atom. The van der Waals surface area contributed by atoms with Crippen molar-refractivity contribution >= 4 is 23.2 Å². The van der Waals surface area contributed by atoms with E-state index < -0.39 is 0 Å². The van der Waals surface area contributed by atoms with Gasteiger partial charge in [-0.3, -0.25) is 9.78 Å². The molecule has 80 valence electrons. The van der Waals surface area contributed by atoms with Crippen molar-refractivity contribution in [3.8, 4) is 0 Å². The molecular formula is C13H11NOS. The lowest BCUT2D eigenvalue weighted by molar-refractivity contribution is 0.105. The fraction of sp³-hybridized carbons (Fsp3) is 0.0769. The molecule has 0 atom stereocenters. The van der Waals surface area contributed by atoms with Crippen LogP contribution in [0, 0.1) is 6.92 Å². The molecule has 0 radical (unpaired) electrons. The Balaban J connectivity index is 2.11. The molecule has 0 unspecified atom stereocenters. The normalized spacial score (nSPS) is 10.8. The van der Waals surface area contributed by atoms with E-state index in [-0.39, 0.29) is 5.78 Å². The molecule has 2 nitrogen and oxygen atoms in total. The highest BCUT2D eigenvalue weighted by atomic mass is 32.1. The molecular weight excluding hydrogens is 218 g/mol. The van der Waals surface area contributed by atoms with Crippen LogP contribution in [0.15, 0.2) is 42.0 Å². The number of carbonyl (C=O) groups excluding carboxylic acids is 1. The van der Waals surface area contributed by atoms with E-state index in [9.17, 15) is 4.79 Å². The molecule has 2 aromatic rings. The number of aryl methyl sites for hydroxylation is 1. The maximum absolute atomic E-state index is 11.7. The monoisotopic (exact) mass is 229 g/mol. The summed E-state index contributed by atoms with van der Waals surface area (Å²) in [5.74, 6) is 0.0435. The molecule has 0 saturated carbocycles. The molecule has 0 fully saturated rings. The standard InChI is InChI=1S/C13H11NOS/c1-10-7-13(16-9-10)12(15)5-4-11-3-2-6-14-8-11/h2-9H,1H3/b5-4+. The molecule has 2 rings (SSSR count). The number of carbonyl (C=O) groups is 1. The molecule has 0 bridgehead atoms. The first-order valence-electron chi connectivity index (χ1n) is 4.93. The Labute approximate surface area is 98.3 Å². The average molecular weight is 229 g/mol. The highest BCUT2D eigenvalue weighted by Crippen LogP contribution is 2.15. The summed E-state index contributed by atoms with van der Waals surface area (Å²) in [5, 5.41) is 1.98. The van der Waals surface area contributed by atoms with Gasteiger partial charge in [-0.2, -0.15) is 0 Å². The third-order valence-electron chi connectivity index (χ3n) is 2.08. The van der Waals surface area contributed by atoms with Crippen molar-refractivity contribution in [2.24, 2.45) is 0 Å². The summed E-state index contributed by atoms with van der Waals surface area (Å²) in [4.78, 5) is 16.5. The fourth-order valence-electron chi connectivity index (χ4n) is 1.29. The Kier molecular flexibility index (Phi) is 3.27. The van der Waals surface area contributed by atoms with Crippen LogP contribution in [0.4, 0.5) is 0 Å². The lowest BCUT2D eigenvalue weighted by Crippen LogP contribution is -1.88. The molecule has 2 aromatic heterocycles. The molecule has 3 heteroatoms. The summed E-state index contributed by atoms with van der Waals surface area (Å²) in [7, 11) is 0. The largest absolute Gasteiger partial charge is 0.288 e. The second kappa shape index (κ2) is 4.86. The maximum Gasteiger partial charge on any atom is 0.195 e. The lowest BCUT2D eigenvalue weighted by atomic mass is 10.2. The zero-order valence-electron chi connectivity index (χ0n) is 8.88. The number of ketones is 1.